The van der Waals surface area contributed by atoms with E-state index in [0.29, 0.717) is 13.0 Å². The number of hydrogen-bond acceptors (Lipinski definition) is 4. The topological polar surface area (TPSA) is 44.8 Å². The van der Waals surface area contributed by atoms with Crippen molar-refractivity contribution < 1.29 is 19.0 Å². The first kappa shape index (κ1) is 13.9. The van der Waals surface area contributed by atoms with Gasteiger partial charge in [-0.2, -0.15) is 0 Å². The number of para-hydroxylation sites is 1. The van der Waals surface area contributed by atoms with Crippen LogP contribution in [0.25, 0.3) is 0 Å². The summed E-state index contributed by atoms with van der Waals surface area (Å²) in [5.74, 6) is 0.467. The van der Waals surface area contributed by atoms with Crippen LogP contribution >= 0.6 is 0 Å². The van der Waals surface area contributed by atoms with Crippen molar-refractivity contribution in [2.45, 2.75) is 32.0 Å². The first-order chi connectivity index (χ1) is 9.24. The minimum Gasteiger partial charge on any atom is -0.491 e. The van der Waals surface area contributed by atoms with Gasteiger partial charge in [-0.15, -0.1) is 0 Å². The molecule has 1 saturated heterocycles. The molecular weight excluding hydrogens is 244 g/mol. The van der Waals surface area contributed by atoms with E-state index in [0.717, 1.165) is 12.2 Å². The highest BCUT2D eigenvalue weighted by Gasteiger charge is 2.39. The number of benzene rings is 1. The molecule has 0 radical (unpaired) electrons. The average molecular weight is 264 g/mol. The Kier molecular flexibility index (Phi) is 4.80. The minimum atomic E-state index is -0.186. The molecule has 4 heteroatoms. The molecule has 0 aromatic heterocycles. The van der Waals surface area contributed by atoms with Crippen molar-refractivity contribution in [2.24, 2.45) is 5.92 Å². The summed E-state index contributed by atoms with van der Waals surface area (Å²) >= 11 is 0. The van der Waals surface area contributed by atoms with E-state index in [2.05, 4.69) is 0 Å². The van der Waals surface area contributed by atoms with E-state index >= 15 is 0 Å². The Labute approximate surface area is 113 Å². The monoisotopic (exact) mass is 264 g/mol. The van der Waals surface area contributed by atoms with Crippen LogP contribution in [-0.2, 0) is 14.3 Å². The van der Waals surface area contributed by atoms with Crippen LogP contribution in [-0.4, -0.2) is 31.9 Å². The predicted octanol–water partition coefficient (Wildman–Crippen LogP) is 2.42. The van der Waals surface area contributed by atoms with Gasteiger partial charge in [0.2, 0.25) is 0 Å². The van der Waals surface area contributed by atoms with Crippen molar-refractivity contribution in [1.82, 2.24) is 0 Å². The SMILES string of the molecule is CC[C@H]1O[C@@H](COc2ccccc2)C[C@@H]1C(=O)OC. The second-order valence-electron chi connectivity index (χ2n) is 4.69. The van der Waals surface area contributed by atoms with Crippen molar-refractivity contribution in [2.75, 3.05) is 13.7 Å². The van der Waals surface area contributed by atoms with Crippen molar-refractivity contribution in [1.29, 1.82) is 0 Å². The van der Waals surface area contributed by atoms with Gasteiger partial charge in [-0.05, 0) is 25.0 Å². The zero-order valence-electron chi connectivity index (χ0n) is 11.4. The van der Waals surface area contributed by atoms with E-state index in [1.807, 2.05) is 37.3 Å². The van der Waals surface area contributed by atoms with Gasteiger partial charge in [0, 0.05) is 0 Å². The zero-order valence-corrected chi connectivity index (χ0v) is 11.4. The molecule has 4 nitrogen and oxygen atoms in total. The van der Waals surface area contributed by atoms with Crippen LogP contribution in [0.15, 0.2) is 30.3 Å². The molecule has 0 amide bonds. The Morgan fingerprint density at radius 3 is 2.74 bits per heavy atom. The number of hydrogen-bond donors (Lipinski definition) is 0. The lowest BCUT2D eigenvalue weighted by Crippen LogP contribution is -2.24. The van der Waals surface area contributed by atoms with Gasteiger partial charge in [-0.1, -0.05) is 25.1 Å². The summed E-state index contributed by atoms with van der Waals surface area (Å²) in [5.41, 5.74) is 0. The Balaban J connectivity index is 1.87. The highest BCUT2D eigenvalue weighted by molar-refractivity contribution is 5.73. The summed E-state index contributed by atoms with van der Waals surface area (Å²) in [6.07, 6.45) is 1.37. The van der Waals surface area contributed by atoms with Crippen LogP contribution in [0.5, 0.6) is 5.75 Å². The van der Waals surface area contributed by atoms with Gasteiger partial charge in [0.15, 0.2) is 0 Å². The van der Waals surface area contributed by atoms with Crippen LogP contribution in [0, 0.1) is 5.92 Å². The van der Waals surface area contributed by atoms with E-state index in [1.165, 1.54) is 7.11 Å². The zero-order chi connectivity index (χ0) is 13.7. The molecule has 0 bridgehead atoms. The molecular formula is C15H20O4. The molecule has 1 aliphatic rings. The van der Waals surface area contributed by atoms with E-state index in [-0.39, 0.29) is 24.1 Å². The minimum absolute atomic E-state index is 0.0470. The molecule has 0 spiro atoms. The smallest absolute Gasteiger partial charge is 0.311 e. The Hall–Kier alpha value is -1.55. The molecule has 3 atom stereocenters. The fourth-order valence-electron chi connectivity index (χ4n) is 2.43. The van der Waals surface area contributed by atoms with Crippen molar-refractivity contribution in [3.63, 3.8) is 0 Å². The van der Waals surface area contributed by atoms with E-state index < -0.39 is 0 Å². The Morgan fingerprint density at radius 1 is 1.37 bits per heavy atom. The lowest BCUT2D eigenvalue weighted by Gasteiger charge is -2.14. The van der Waals surface area contributed by atoms with Crippen LogP contribution in [0.1, 0.15) is 19.8 Å². The van der Waals surface area contributed by atoms with E-state index in [9.17, 15) is 4.79 Å². The van der Waals surface area contributed by atoms with Crippen LogP contribution in [0.2, 0.25) is 0 Å². The molecule has 0 unspecified atom stereocenters. The first-order valence-electron chi connectivity index (χ1n) is 6.65. The summed E-state index contributed by atoms with van der Waals surface area (Å²) in [4.78, 5) is 11.7. The second-order valence-corrected chi connectivity index (χ2v) is 4.69. The highest BCUT2D eigenvalue weighted by Crippen LogP contribution is 2.30. The van der Waals surface area contributed by atoms with Crippen LogP contribution < -0.4 is 4.74 Å². The second kappa shape index (κ2) is 6.57. The van der Waals surface area contributed by atoms with Gasteiger partial charge < -0.3 is 14.2 Å². The molecule has 1 heterocycles. The highest BCUT2D eigenvalue weighted by atomic mass is 16.6. The van der Waals surface area contributed by atoms with Gasteiger partial charge in [0.1, 0.15) is 12.4 Å². The number of esters is 1. The fraction of sp³-hybridized carbons (Fsp3) is 0.533. The van der Waals surface area contributed by atoms with Gasteiger partial charge in [-0.3, -0.25) is 4.79 Å². The molecule has 19 heavy (non-hydrogen) atoms. The molecule has 0 N–H and O–H groups in total. The standard InChI is InChI=1S/C15H20O4/c1-3-14-13(15(16)17-2)9-12(19-14)10-18-11-7-5-4-6-8-11/h4-8,12-14H,3,9-10H2,1-2H3/t12-,13+,14-/m1/s1. The van der Waals surface area contributed by atoms with Crippen LogP contribution in [0.3, 0.4) is 0 Å². The number of rotatable bonds is 5. The van der Waals surface area contributed by atoms with Crippen molar-refractivity contribution in [3.05, 3.63) is 30.3 Å². The lowest BCUT2D eigenvalue weighted by atomic mass is 9.98. The van der Waals surface area contributed by atoms with Crippen molar-refractivity contribution >= 4 is 5.97 Å². The Bertz CT molecular complexity index is 404. The number of methoxy groups -OCH3 is 1. The van der Waals surface area contributed by atoms with Gasteiger partial charge in [0.25, 0.3) is 0 Å². The number of carbonyl (C=O) groups excluding carboxylic acids is 1. The van der Waals surface area contributed by atoms with E-state index in [1.54, 1.807) is 0 Å². The molecule has 0 saturated carbocycles. The molecule has 1 aromatic rings. The summed E-state index contributed by atoms with van der Waals surface area (Å²) in [5, 5.41) is 0. The van der Waals surface area contributed by atoms with Crippen LogP contribution in [0.4, 0.5) is 0 Å². The molecule has 2 rings (SSSR count). The predicted molar refractivity (Wildman–Crippen MR) is 71.0 cm³/mol. The molecule has 1 fully saturated rings. The number of carbonyl (C=O) groups is 1. The van der Waals surface area contributed by atoms with Crippen molar-refractivity contribution in [3.8, 4) is 5.75 Å². The normalized spacial score (nSPS) is 26.1. The average Bonchev–Trinajstić information content (AvgIpc) is 2.88. The van der Waals surface area contributed by atoms with Gasteiger partial charge in [0.05, 0.1) is 25.2 Å². The third-order valence-corrected chi connectivity index (χ3v) is 3.42. The molecule has 1 aromatic carbocycles. The Morgan fingerprint density at radius 2 is 2.11 bits per heavy atom. The van der Waals surface area contributed by atoms with Gasteiger partial charge in [-0.25, -0.2) is 0 Å². The maximum absolute atomic E-state index is 11.7. The summed E-state index contributed by atoms with van der Waals surface area (Å²) < 4.78 is 16.3. The molecule has 104 valence electrons. The third-order valence-electron chi connectivity index (χ3n) is 3.42. The summed E-state index contributed by atoms with van der Waals surface area (Å²) in [7, 11) is 1.42. The lowest BCUT2D eigenvalue weighted by molar-refractivity contribution is -0.147. The maximum Gasteiger partial charge on any atom is 0.311 e. The third kappa shape index (κ3) is 3.47. The maximum atomic E-state index is 11.7. The molecule has 0 aliphatic carbocycles. The summed E-state index contributed by atoms with van der Waals surface area (Å²) in [6.45, 7) is 2.48. The fourth-order valence-corrected chi connectivity index (χ4v) is 2.43. The van der Waals surface area contributed by atoms with Gasteiger partial charge >= 0.3 is 5.97 Å². The largest absolute Gasteiger partial charge is 0.491 e. The first-order valence-corrected chi connectivity index (χ1v) is 6.65. The molecule has 1 aliphatic heterocycles. The quantitative estimate of drug-likeness (QED) is 0.766. The summed E-state index contributed by atoms with van der Waals surface area (Å²) in [6, 6.07) is 9.61. The number of ether oxygens (including phenoxy) is 3. The van der Waals surface area contributed by atoms with E-state index in [4.69, 9.17) is 14.2 Å².